The van der Waals surface area contributed by atoms with Crippen LogP contribution < -0.4 is 0 Å². The smallest absolute Gasteiger partial charge is 0.315 e. The minimum atomic E-state index is -1.05. The first-order chi connectivity index (χ1) is 9.50. The summed E-state index contributed by atoms with van der Waals surface area (Å²) in [6, 6.07) is 10.3. The topological polar surface area (TPSA) is 57.6 Å². The maximum absolute atomic E-state index is 12.1. The van der Waals surface area contributed by atoms with E-state index in [4.69, 9.17) is 5.11 Å². The molecule has 0 aromatic heterocycles. The second kappa shape index (κ2) is 6.07. The third-order valence-electron chi connectivity index (χ3n) is 4.19. The number of nitrogens with zero attached hydrogens (tertiary/aromatic N) is 1. The molecule has 1 N–H and O–H groups in total. The monoisotopic (exact) mass is 275 g/mol. The van der Waals surface area contributed by atoms with Gasteiger partial charge in [0, 0.05) is 13.1 Å². The maximum Gasteiger partial charge on any atom is 0.315 e. The van der Waals surface area contributed by atoms with Crippen LogP contribution in [-0.4, -0.2) is 35.0 Å². The second-order valence-electron chi connectivity index (χ2n) is 5.63. The molecule has 0 bridgehead atoms. The molecule has 1 aliphatic rings. The predicted molar refractivity (Wildman–Crippen MR) is 76.3 cm³/mol. The highest BCUT2D eigenvalue weighted by Crippen LogP contribution is 2.33. The third-order valence-corrected chi connectivity index (χ3v) is 4.19. The molecule has 1 aromatic rings. The summed E-state index contributed by atoms with van der Waals surface area (Å²) in [5.41, 5.74) is 1.30. The van der Waals surface area contributed by atoms with Crippen LogP contribution in [0, 0.1) is 11.8 Å². The van der Waals surface area contributed by atoms with E-state index in [1.807, 2.05) is 18.2 Å². The summed E-state index contributed by atoms with van der Waals surface area (Å²) in [7, 11) is 0. The first-order valence-electron chi connectivity index (χ1n) is 7.07. The van der Waals surface area contributed by atoms with E-state index >= 15 is 0 Å². The van der Waals surface area contributed by atoms with Gasteiger partial charge in [-0.3, -0.25) is 9.59 Å². The van der Waals surface area contributed by atoms with Gasteiger partial charge in [0.1, 0.15) is 5.92 Å². The zero-order valence-electron chi connectivity index (χ0n) is 12.0. The van der Waals surface area contributed by atoms with Gasteiger partial charge in [0.05, 0.1) is 0 Å². The first-order valence-corrected chi connectivity index (χ1v) is 7.07. The second-order valence-corrected chi connectivity index (χ2v) is 5.63. The van der Waals surface area contributed by atoms with Crippen LogP contribution in [0.5, 0.6) is 0 Å². The van der Waals surface area contributed by atoms with Crippen molar-refractivity contribution in [2.24, 2.45) is 11.8 Å². The van der Waals surface area contributed by atoms with Gasteiger partial charge in [0.15, 0.2) is 0 Å². The van der Waals surface area contributed by atoms with E-state index in [1.165, 1.54) is 12.5 Å². The molecule has 3 unspecified atom stereocenters. The van der Waals surface area contributed by atoms with Gasteiger partial charge >= 0.3 is 5.97 Å². The molecule has 0 saturated carbocycles. The van der Waals surface area contributed by atoms with Gasteiger partial charge in [-0.1, -0.05) is 37.3 Å². The number of hydrogen-bond donors (Lipinski definition) is 1. The number of carboxylic acids is 1. The molecular formula is C16H21NO3. The standard InChI is InChI=1S/C16H21NO3/c1-11-10-17(15(18)12(2)16(19)20)9-8-14(11)13-6-4-3-5-7-13/h3-7,11-12,14H,8-10H2,1-2H3,(H,19,20). The number of hydrogen-bond acceptors (Lipinski definition) is 2. The van der Waals surface area contributed by atoms with Gasteiger partial charge in [0.2, 0.25) is 5.91 Å². The number of piperidine rings is 1. The van der Waals surface area contributed by atoms with E-state index in [1.54, 1.807) is 4.90 Å². The molecule has 4 heteroatoms. The Labute approximate surface area is 119 Å². The summed E-state index contributed by atoms with van der Waals surface area (Å²) in [4.78, 5) is 24.7. The van der Waals surface area contributed by atoms with Gasteiger partial charge in [-0.05, 0) is 30.7 Å². The van der Waals surface area contributed by atoms with Gasteiger partial charge in [0.25, 0.3) is 0 Å². The number of carboxylic acid groups (broad SMARTS) is 1. The van der Waals surface area contributed by atoms with Crippen molar-refractivity contribution in [2.45, 2.75) is 26.2 Å². The molecule has 1 aromatic carbocycles. The van der Waals surface area contributed by atoms with Crippen LogP contribution in [0.1, 0.15) is 31.7 Å². The highest BCUT2D eigenvalue weighted by Gasteiger charge is 2.33. The van der Waals surface area contributed by atoms with Gasteiger partial charge in [-0.25, -0.2) is 0 Å². The molecule has 2 rings (SSSR count). The summed E-state index contributed by atoms with van der Waals surface area (Å²) >= 11 is 0. The van der Waals surface area contributed by atoms with E-state index < -0.39 is 11.9 Å². The van der Waals surface area contributed by atoms with Gasteiger partial charge in [-0.15, -0.1) is 0 Å². The van der Waals surface area contributed by atoms with Crippen molar-refractivity contribution in [1.29, 1.82) is 0 Å². The normalized spacial score (nSPS) is 24.2. The highest BCUT2D eigenvalue weighted by molar-refractivity contribution is 5.96. The zero-order chi connectivity index (χ0) is 14.7. The van der Waals surface area contributed by atoms with Crippen LogP contribution in [0.15, 0.2) is 30.3 Å². The fourth-order valence-corrected chi connectivity index (χ4v) is 2.92. The fraction of sp³-hybridized carbons (Fsp3) is 0.500. The Kier molecular flexibility index (Phi) is 4.42. The van der Waals surface area contributed by atoms with E-state index in [9.17, 15) is 9.59 Å². The van der Waals surface area contributed by atoms with Crippen LogP contribution in [0.3, 0.4) is 0 Å². The van der Waals surface area contributed by atoms with Crippen LogP contribution in [-0.2, 0) is 9.59 Å². The SMILES string of the molecule is CC(C(=O)O)C(=O)N1CCC(c2ccccc2)C(C)C1. The maximum atomic E-state index is 12.1. The average Bonchev–Trinajstić information content (AvgIpc) is 2.46. The Bertz CT molecular complexity index is 486. The fourth-order valence-electron chi connectivity index (χ4n) is 2.92. The van der Waals surface area contributed by atoms with Crippen LogP contribution in [0.2, 0.25) is 0 Å². The molecular weight excluding hydrogens is 254 g/mol. The Morgan fingerprint density at radius 3 is 2.50 bits per heavy atom. The molecule has 4 nitrogen and oxygen atoms in total. The summed E-state index contributed by atoms with van der Waals surface area (Å²) in [5, 5.41) is 8.93. The minimum Gasteiger partial charge on any atom is -0.481 e. The average molecular weight is 275 g/mol. The van der Waals surface area contributed by atoms with E-state index in [-0.39, 0.29) is 5.91 Å². The number of amides is 1. The van der Waals surface area contributed by atoms with Crippen molar-refractivity contribution in [2.75, 3.05) is 13.1 Å². The number of benzene rings is 1. The Morgan fingerprint density at radius 1 is 1.30 bits per heavy atom. The zero-order valence-corrected chi connectivity index (χ0v) is 12.0. The molecule has 1 fully saturated rings. The lowest BCUT2D eigenvalue weighted by Gasteiger charge is -2.38. The number of carbonyl (C=O) groups is 2. The van der Waals surface area contributed by atoms with E-state index in [0.29, 0.717) is 24.9 Å². The van der Waals surface area contributed by atoms with Gasteiger partial charge < -0.3 is 10.0 Å². The van der Waals surface area contributed by atoms with Crippen molar-refractivity contribution in [1.82, 2.24) is 4.90 Å². The molecule has 20 heavy (non-hydrogen) atoms. The quantitative estimate of drug-likeness (QED) is 0.862. The minimum absolute atomic E-state index is 0.268. The third kappa shape index (κ3) is 3.00. The molecule has 1 saturated heterocycles. The Hall–Kier alpha value is -1.84. The molecule has 1 aliphatic heterocycles. The summed E-state index contributed by atoms with van der Waals surface area (Å²) < 4.78 is 0. The predicted octanol–water partition coefficient (Wildman–Crippen LogP) is 2.36. The van der Waals surface area contributed by atoms with Gasteiger partial charge in [-0.2, -0.15) is 0 Å². The molecule has 0 aliphatic carbocycles. The van der Waals surface area contributed by atoms with Crippen molar-refractivity contribution >= 4 is 11.9 Å². The number of rotatable bonds is 3. The molecule has 3 atom stereocenters. The van der Waals surface area contributed by atoms with Crippen molar-refractivity contribution in [3.63, 3.8) is 0 Å². The largest absolute Gasteiger partial charge is 0.481 e. The lowest BCUT2D eigenvalue weighted by Crippen LogP contribution is -2.45. The van der Waals surface area contributed by atoms with Crippen molar-refractivity contribution < 1.29 is 14.7 Å². The van der Waals surface area contributed by atoms with E-state index in [0.717, 1.165) is 6.42 Å². The lowest BCUT2D eigenvalue weighted by atomic mass is 9.81. The summed E-state index contributed by atoms with van der Waals surface area (Å²) in [6.07, 6.45) is 0.892. The molecule has 108 valence electrons. The van der Waals surface area contributed by atoms with Crippen molar-refractivity contribution in [3.05, 3.63) is 35.9 Å². The van der Waals surface area contributed by atoms with Crippen LogP contribution >= 0.6 is 0 Å². The number of carbonyl (C=O) groups excluding carboxylic acids is 1. The highest BCUT2D eigenvalue weighted by atomic mass is 16.4. The molecule has 0 radical (unpaired) electrons. The molecule has 1 amide bonds. The van der Waals surface area contributed by atoms with Crippen molar-refractivity contribution in [3.8, 4) is 0 Å². The summed E-state index contributed by atoms with van der Waals surface area (Å²) in [6.45, 7) is 4.86. The number of aliphatic carboxylic acids is 1. The van der Waals surface area contributed by atoms with Crippen LogP contribution in [0.4, 0.5) is 0 Å². The van der Waals surface area contributed by atoms with E-state index in [2.05, 4.69) is 19.1 Å². The Balaban J connectivity index is 2.02. The summed E-state index contributed by atoms with van der Waals surface area (Å²) in [5.74, 6) is -1.48. The molecule has 0 spiro atoms. The Morgan fingerprint density at radius 2 is 1.95 bits per heavy atom. The number of likely N-dealkylation sites (tertiary alicyclic amines) is 1. The first kappa shape index (κ1) is 14.6. The molecule has 1 heterocycles. The lowest BCUT2D eigenvalue weighted by molar-refractivity contribution is -0.151. The van der Waals surface area contributed by atoms with Crippen LogP contribution in [0.25, 0.3) is 0 Å².